The maximum Gasteiger partial charge on any atom is 0.255 e. The van der Waals surface area contributed by atoms with Gasteiger partial charge in [0.25, 0.3) is 11.8 Å². The van der Waals surface area contributed by atoms with Crippen LogP contribution < -0.4 is 10.6 Å². The lowest BCUT2D eigenvalue weighted by molar-refractivity contribution is -0.148. The lowest BCUT2D eigenvalue weighted by Crippen LogP contribution is -2.57. The van der Waals surface area contributed by atoms with Crippen molar-refractivity contribution in [2.75, 3.05) is 0 Å². The Morgan fingerprint density at radius 3 is 2.24 bits per heavy atom. The second-order valence-electron chi connectivity index (χ2n) is 9.45. The minimum atomic E-state index is -1.41. The van der Waals surface area contributed by atoms with Crippen molar-refractivity contribution >= 4 is 23.6 Å². The van der Waals surface area contributed by atoms with Crippen molar-refractivity contribution in [3.05, 3.63) is 71.8 Å². The molecule has 2 aromatic rings. The van der Waals surface area contributed by atoms with Crippen LogP contribution in [0.5, 0.6) is 0 Å². The third kappa shape index (κ3) is 5.19. The first-order valence-electron chi connectivity index (χ1n) is 12.0. The van der Waals surface area contributed by atoms with E-state index in [-0.39, 0.29) is 24.8 Å². The minimum Gasteiger partial charge on any atom is -0.352 e. The molecule has 0 bridgehead atoms. The van der Waals surface area contributed by atoms with Crippen LogP contribution in [-0.2, 0) is 20.8 Å². The van der Waals surface area contributed by atoms with Gasteiger partial charge in [-0.2, -0.15) is 0 Å². The van der Waals surface area contributed by atoms with Crippen molar-refractivity contribution < 1.29 is 19.2 Å². The quantitative estimate of drug-likeness (QED) is 0.620. The highest BCUT2D eigenvalue weighted by molar-refractivity contribution is 6.13. The maximum absolute atomic E-state index is 13.5. The highest BCUT2D eigenvalue weighted by Crippen LogP contribution is 2.28. The van der Waals surface area contributed by atoms with E-state index in [4.69, 9.17) is 0 Å². The number of nitrogens with one attached hydrogen (secondary N) is 2. The molecule has 7 heteroatoms. The Kier molecular flexibility index (Phi) is 7.10. The van der Waals surface area contributed by atoms with Crippen molar-refractivity contribution in [3.8, 4) is 0 Å². The first-order valence-corrected chi connectivity index (χ1v) is 12.0. The number of carbonyl (C=O) groups is 4. The van der Waals surface area contributed by atoms with Crippen molar-refractivity contribution in [3.63, 3.8) is 0 Å². The van der Waals surface area contributed by atoms with E-state index in [0.29, 0.717) is 5.56 Å². The number of imide groups is 1. The summed E-state index contributed by atoms with van der Waals surface area (Å²) < 4.78 is 0. The lowest BCUT2D eigenvalue weighted by atomic mass is 9.94. The van der Waals surface area contributed by atoms with E-state index in [1.807, 2.05) is 30.3 Å². The van der Waals surface area contributed by atoms with Gasteiger partial charge in [0.1, 0.15) is 11.6 Å². The molecular weight excluding hydrogens is 430 g/mol. The van der Waals surface area contributed by atoms with Gasteiger partial charge in [-0.15, -0.1) is 0 Å². The van der Waals surface area contributed by atoms with E-state index in [1.54, 1.807) is 37.3 Å². The smallest absolute Gasteiger partial charge is 0.255 e. The van der Waals surface area contributed by atoms with Crippen LogP contribution in [-0.4, -0.2) is 46.2 Å². The predicted octanol–water partition coefficient (Wildman–Crippen LogP) is 2.99. The lowest BCUT2D eigenvalue weighted by Gasteiger charge is -2.31. The Morgan fingerprint density at radius 1 is 0.971 bits per heavy atom. The largest absolute Gasteiger partial charge is 0.352 e. The Bertz CT molecular complexity index is 1050. The Hall–Kier alpha value is -3.48. The van der Waals surface area contributed by atoms with E-state index in [1.165, 1.54) is 0 Å². The summed E-state index contributed by atoms with van der Waals surface area (Å²) >= 11 is 0. The zero-order valence-corrected chi connectivity index (χ0v) is 19.5. The van der Waals surface area contributed by atoms with Crippen molar-refractivity contribution in [1.29, 1.82) is 0 Å². The number of carbonyl (C=O) groups excluding carboxylic acids is 4. The van der Waals surface area contributed by atoms with Crippen LogP contribution in [0.1, 0.15) is 61.4 Å². The van der Waals surface area contributed by atoms with Crippen LogP contribution >= 0.6 is 0 Å². The molecule has 0 radical (unpaired) electrons. The Labute approximate surface area is 199 Å². The van der Waals surface area contributed by atoms with Gasteiger partial charge in [0.2, 0.25) is 11.8 Å². The topological polar surface area (TPSA) is 95.6 Å². The van der Waals surface area contributed by atoms with Gasteiger partial charge in [0.15, 0.2) is 0 Å². The molecule has 0 spiro atoms. The van der Waals surface area contributed by atoms with Crippen molar-refractivity contribution in [2.45, 2.75) is 69.5 Å². The second kappa shape index (κ2) is 10.2. The zero-order chi connectivity index (χ0) is 24.1. The number of hydrogen-bond donors (Lipinski definition) is 2. The van der Waals surface area contributed by atoms with Gasteiger partial charge in [0.05, 0.1) is 6.42 Å². The van der Waals surface area contributed by atoms with Crippen LogP contribution in [0.3, 0.4) is 0 Å². The number of rotatable bonds is 7. The highest BCUT2D eigenvalue weighted by atomic mass is 16.2. The minimum absolute atomic E-state index is 0.0523. The van der Waals surface area contributed by atoms with E-state index in [0.717, 1.165) is 42.6 Å². The normalized spacial score (nSPS) is 21.9. The number of amides is 4. The molecule has 7 nitrogen and oxygen atoms in total. The van der Waals surface area contributed by atoms with Gasteiger partial charge < -0.3 is 10.6 Å². The molecule has 1 aliphatic heterocycles. The SMILES string of the molecule is C[C@]1(NC(=O)c2ccccc2)CC(=O)N([C@@H](Cc2ccccc2)C(=O)NC2CCCCC2)C1=O. The molecule has 0 unspecified atom stereocenters. The number of nitrogens with zero attached hydrogens (tertiary/aromatic N) is 1. The summed E-state index contributed by atoms with van der Waals surface area (Å²) in [5.74, 6) is -1.77. The molecule has 178 valence electrons. The molecule has 2 fully saturated rings. The summed E-state index contributed by atoms with van der Waals surface area (Å²) in [5, 5.41) is 5.82. The van der Waals surface area contributed by atoms with Crippen LogP contribution in [0.4, 0.5) is 0 Å². The zero-order valence-electron chi connectivity index (χ0n) is 19.5. The molecule has 2 aromatic carbocycles. The highest BCUT2D eigenvalue weighted by Gasteiger charge is 2.53. The summed E-state index contributed by atoms with van der Waals surface area (Å²) in [6.45, 7) is 1.55. The van der Waals surface area contributed by atoms with Crippen molar-refractivity contribution in [2.24, 2.45) is 0 Å². The molecule has 34 heavy (non-hydrogen) atoms. The fraction of sp³-hybridized carbons (Fsp3) is 0.407. The van der Waals surface area contributed by atoms with Crippen LogP contribution in [0.25, 0.3) is 0 Å². The monoisotopic (exact) mass is 461 g/mol. The van der Waals surface area contributed by atoms with E-state index in [9.17, 15) is 19.2 Å². The molecule has 2 aliphatic rings. The molecule has 2 N–H and O–H groups in total. The van der Waals surface area contributed by atoms with Gasteiger partial charge in [-0.3, -0.25) is 24.1 Å². The predicted molar refractivity (Wildman–Crippen MR) is 128 cm³/mol. The number of hydrogen-bond acceptors (Lipinski definition) is 4. The molecule has 0 aromatic heterocycles. The molecule has 1 saturated heterocycles. The summed E-state index contributed by atoms with van der Waals surface area (Å²) in [6, 6.07) is 17.0. The average Bonchev–Trinajstić information content (AvgIpc) is 3.06. The molecule has 4 rings (SSSR count). The molecule has 1 aliphatic carbocycles. The summed E-state index contributed by atoms with van der Waals surface area (Å²) in [7, 11) is 0. The Balaban J connectivity index is 1.56. The summed E-state index contributed by atoms with van der Waals surface area (Å²) in [5.41, 5.74) is -0.156. The van der Waals surface area contributed by atoms with Crippen LogP contribution in [0.2, 0.25) is 0 Å². The van der Waals surface area contributed by atoms with Gasteiger partial charge in [-0.1, -0.05) is 67.8 Å². The molecule has 1 heterocycles. The second-order valence-corrected chi connectivity index (χ2v) is 9.45. The first-order chi connectivity index (χ1) is 16.4. The van der Waals surface area contributed by atoms with Gasteiger partial charge in [-0.25, -0.2) is 0 Å². The van der Waals surface area contributed by atoms with Crippen LogP contribution in [0.15, 0.2) is 60.7 Å². The number of benzene rings is 2. The maximum atomic E-state index is 13.5. The number of likely N-dealkylation sites (tertiary alicyclic amines) is 1. The van der Waals surface area contributed by atoms with Gasteiger partial charge in [-0.05, 0) is 37.5 Å². The van der Waals surface area contributed by atoms with Crippen molar-refractivity contribution in [1.82, 2.24) is 15.5 Å². The summed E-state index contributed by atoms with van der Waals surface area (Å²) in [4.78, 5) is 53.9. The average molecular weight is 462 g/mol. The third-order valence-corrected chi connectivity index (χ3v) is 6.73. The third-order valence-electron chi connectivity index (χ3n) is 6.73. The standard InChI is InChI=1S/C27H31N3O4/c1-27(29-24(32)20-13-7-3-8-14-20)18-23(31)30(26(27)34)22(17-19-11-5-2-6-12-19)25(33)28-21-15-9-4-10-16-21/h2-3,5-8,11-14,21-22H,4,9-10,15-18H2,1H3,(H,28,33)(H,29,32)/t22-,27-/m0/s1. The van der Waals surface area contributed by atoms with E-state index in [2.05, 4.69) is 10.6 Å². The van der Waals surface area contributed by atoms with Crippen LogP contribution in [0, 0.1) is 0 Å². The molecule has 2 atom stereocenters. The summed E-state index contributed by atoms with van der Waals surface area (Å²) in [6.07, 6.45) is 5.10. The fourth-order valence-electron chi connectivity index (χ4n) is 4.85. The van der Waals surface area contributed by atoms with E-state index < -0.39 is 29.3 Å². The molecular formula is C27H31N3O4. The van der Waals surface area contributed by atoms with Gasteiger partial charge >= 0.3 is 0 Å². The molecule has 1 saturated carbocycles. The van der Waals surface area contributed by atoms with E-state index >= 15 is 0 Å². The Morgan fingerprint density at radius 2 is 1.59 bits per heavy atom. The molecule has 4 amide bonds. The fourth-order valence-corrected chi connectivity index (χ4v) is 4.85. The first kappa shape index (κ1) is 23.7. The van der Waals surface area contributed by atoms with Gasteiger partial charge in [0, 0.05) is 18.0 Å².